The van der Waals surface area contributed by atoms with Crippen LogP contribution in [0.2, 0.25) is 5.15 Å². The Morgan fingerprint density at radius 3 is 2.83 bits per heavy atom. The maximum Gasteiger partial charge on any atom is 0.317 e. The average Bonchev–Trinajstić information content (AvgIpc) is 1.96. The Balaban J connectivity index is 2.89. The molecule has 6 nitrogen and oxygen atoms in total. The fourth-order valence-corrected chi connectivity index (χ4v) is 0.666. The summed E-state index contributed by atoms with van der Waals surface area (Å²) in [5.74, 6) is 0.215. The van der Waals surface area contributed by atoms with Crippen molar-refractivity contribution in [3.8, 4) is 0 Å². The van der Waals surface area contributed by atoms with Crippen LogP contribution in [0.15, 0.2) is 6.20 Å². The van der Waals surface area contributed by atoms with Crippen LogP contribution in [0.5, 0.6) is 0 Å². The second kappa shape index (κ2) is 3.22. The fourth-order valence-electron chi connectivity index (χ4n) is 0.575. The van der Waals surface area contributed by atoms with Gasteiger partial charge in [-0.2, -0.15) is 0 Å². The summed E-state index contributed by atoms with van der Waals surface area (Å²) < 4.78 is 0. The molecule has 0 bridgehead atoms. The number of rotatable bonds is 1. The van der Waals surface area contributed by atoms with E-state index in [9.17, 15) is 4.79 Å². The molecule has 1 aromatic rings. The number of nitrogens with one attached hydrogen (secondary N) is 1. The van der Waals surface area contributed by atoms with Gasteiger partial charge in [-0.3, -0.25) is 5.32 Å². The molecule has 0 aliphatic heterocycles. The number of primary amides is 1. The van der Waals surface area contributed by atoms with Gasteiger partial charge >= 0.3 is 6.03 Å². The van der Waals surface area contributed by atoms with E-state index >= 15 is 0 Å². The summed E-state index contributed by atoms with van der Waals surface area (Å²) in [6.07, 6.45) is 1.25. The number of hydrogen-bond donors (Lipinski definition) is 3. The number of nitrogens with zero attached hydrogens (tertiary/aromatic N) is 2. The molecule has 0 atom stereocenters. The fraction of sp³-hybridized carbons (Fsp3) is 0. The van der Waals surface area contributed by atoms with E-state index in [2.05, 4.69) is 15.3 Å². The first-order valence-corrected chi connectivity index (χ1v) is 3.32. The number of halogens is 1. The highest BCUT2D eigenvalue weighted by Gasteiger charge is 2.02. The Morgan fingerprint density at radius 2 is 2.33 bits per heavy atom. The van der Waals surface area contributed by atoms with Crippen molar-refractivity contribution < 1.29 is 4.79 Å². The standard InChI is InChI=1S/C5H6ClN5O/c6-3-4(7)10-2(1-9-3)11-5(8)12/h1H,(H5,7,8,10,11,12). The van der Waals surface area contributed by atoms with E-state index in [0.29, 0.717) is 0 Å². The topological polar surface area (TPSA) is 107 Å². The number of anilines is 2. The van der Waals surface area contributed by atoms with Gasteiger partial charge in [0.05, 0.1) is 6.20 Å². The molecule has 0 unspecified atom stereocenters. The second-order valence-electron chi connectivity index (χ2n) is 1.92. The molecular formula is C5H6ClN5O. The van der Waals surface area contributed by atoms with Crippen LogP contribution < -0.4 is 16.8 Å². The third-order valence-corrected chi connectivity index (χ3v) is 1.29. The van der Waals surface area contributed by atoms with E-state index in [1.54, 1.807) is 0 Å². The quantitative estimate of drug-likeness (QED) is 0.584. The molecule has 7 heteroatoms. The first kappa shape index (κ1) is 8.54. The molecule has 1 rings (SSSR count). The molecule has 0 fully saturated rings. The van der Waals surface area contributed by atoms with Crippen molar-refractivity contribution in [1.29, 1.82) is 0 Å². The summed E-state index contributed by atoms with van der Waals surface area (Å²) in [6.45, 7) is 0. The largest absolute Gasteiger partial charge is 0.381 e. The van der Waals surface area contributed by atoms with Crippen molar-refractivity contribution in [2.45, 2.75) is 0 Å². The normalized spacial score (nSPS) is 9.42. The highest BCUT2D eigenvalue weighted by molar-refractivity contribution is 6.31. The van der Waals surface area contributed by atoms with Gasteiger partial charge in [0.15, 0.2) is 16.8 Å². The summed E-state index contributed by atoms with van der Waals surface area (Å²) >= 11 is 5.47. The Kier molecular flexibility index (Phi) is 2.29. The van der Waals surface area contributed by atoms with Crippen molar-refractivity contribution in [2.24, 2.45) is 5.73 Å². The van der Waals surface area contributed by atoms with Gasteiger partial charge in [0.25, 0.3) is 0 Å². The molecule has 12 heavy (non-hydrogen) atoms. The monoisotopic (exact) mass is 187 g/mol. The smallest absolute Gasteiger partial charge is 0.317 e. The predicted molar refractivity (Wildman–Crippen MR) is 44.7 cm³/mol. The highest BCUT2D eigenvalue weighted by Crippen LogP contribution is 2.13. The molecule has 0 aliphatic carbocycles. The Morgan fingerprint density at radius 1 is 1.67 bits per heavy atom. The SMILES string of the molecule is NC(=O)Nc1cnc(Cl)c(N)n1. The van der Waals surface area contributed by atoms with Crippen LogP contribution in [-0.2, 0) is 0 Å². The van der Waals surface area contributed by atoms with Crippen molar-refractivity contribution in [1.82, 2.24) is 9.97 Å². The number of urea groups is 1. The molecule has 1 aromatic heterocycles. The van der Waals surface area contributed by atoms with Crippen LogP contribution in [0.1, 0.15) is 0 Å². The van der Waals surface area contributed by atoms with Crippen LogP contribution in [0.3, 0.4) is 0 Å². The van der Waals surface area contributed by atoms with E-state index in [1.807, 2.05) is 0 Å². The predicted octanol–water partition coefficient (Wildman–Crippen LogP) is 0.203. The van der Waals surface area contributed by atoms with E-state index in [0.717, 1.165) is 0 Å². The lowest BCUT2D eigenvalue weighted by Crippen LogP contribution is -2.20. The molecule has 0 aromatic carbocycles. The summed E-state index contributed by atoms with van der Waals surface area (Å²) in [4.78, 5) is 17.7. The molecule has 5 N–H and O–H groups in total. The number of hydrogen-bond acceptors (Lipinski definition) is 4. The third-order valence-electron chi connectivity index (χ3n) is 1.00. The van der Waals surface area contributed by atoms with Crippen molar-refractivity contribution in [3.63, 3.8) is 0 Å². The summed E-state index contributed by atoms with van der Waals surface area (Å²) in [5.41, 5.74) is 10.1. The van der Waals surface area contributed by atoms with Gasteiger partial charge in [0.2, 0.25) is 0 Å². The molecule has 0 aliphatic rings. The van der Waals surface area contributed by atoms with Crippen molar-refractivity contribution in [2.75, 3.05) is 11.1 Å². The van der Waals surface area contributed by atoms with Gasteiger partial charge < -0.3 is 11.5 Å². The number of amides is 2. The van der Waals surface area contributed by atoms with Gasteiger partial charge in [-0.15, -0.1) is 0 Å². The highest BCUT2D eigenvalue weighted by atomic mass is 35.5. The number of nitrogens with two attached hydrogens (primary N) is 2. The minimum Gasteiger partial charge on any atom is -0.381 e. The van der Waals surface area contributed by atoms with Gasteiger partial charge in [-0.25, -0.2) is 14.8 Å². The van der Waals surface area contributed by atoms with Crippen LogP contribution in [0.25, 0.3) is 0 Å². The maximum absolute atomic E-state index is 10.3. The van der Waals surface area contributed by atoms with Gasteiger partial charge in [0.1, 0.15) is 0 Å². The van der Waals surface area contributed by atoms with Crippen molar-refractivity contribution in [3.05, 3.63) is 11.3 Å². The molecule has 0 spiro atoms. The van der Waals surface area contributed by atoms with Gasteiger partial charge in [-0.1, -0.05) is 11.6 Å². The molecule has 2 amide bonds. The Hall–Kier alpha value is -1.56. The Bertz CT molecular complexity index is 315. The second-order valence-corrected chi connectivity index (χ2v) is 2.28. The first-order chi connectivity index (χ1) is 5.59. The minimum absolute atomic E-state index is 0.0444. The lowest BCUT2D eigenvalue weighted by atomic mass is 10.6. The molecule has 1 heterocycles. The first-order valence-electron chi connectivity index (χ1n) is 2.94. The maximum atomic E-state index is 10.3. The minimum atomic E-state index is -0.731. The number of carbonyl (C=O) groups excluding carboxylic acids is 1. The molecule has 0 saturated carbocycles. The summed E-state index contributed by atoms with van der Waals surface area (Å²) in [6, 6.07) is -0.731. The van der Waals surface area contributed by atoms with E-state index in [-0.39, 0.29) is 16.8 Å². The molecule has 0 radical (unpaired) electrons. The Labute approximate surface area is 72.9 Å². The third kappa shape index (κ3) is 1.96. The lowest BCUT2D eigenvalue weighted by molar-refractivity contribution is 0.259. The summed E-state index contributed by atoms with van der Waals surface area (Å²) in [5, 5.41) is 2.29. The lowest BCUT2D eigenvalue weighted by Gasteiger charge is -2.00. The molecule has 0 saturated heterocycles. The van der Waals surface area contributed by atoms with Gasteiger partial charge in [-0.05, 0) is 0 Å². The van der Waals surface area contributed by atoms with Gasteiger partial charge in [0, 0.05) is 0 Å². The average molecular weight is 188 g/mol. The number of aromatic nitrogens is 2. The van der Waals surface area contributed by atoms with Crippen LogP contribution in [0.4, 0.5) is 16.4 Å². The molecular weight excluding hydrogens is 182 g/mol. The van der Waals surface area contributed by atoms with Crippen molar-refractivity contribution >= 4 is 29.3 Å². The number of carbonyl (C=O) groups is 1. The number of nitrogen functional groups attached to an aromatic ring is 1. The summed E-state index contributed by atoms with van der Waals surface area (Å²) in [7, 11) is 0. The zero-order valence-corrected chi connectivity index (χ0v) is 6.67. The van der Waals surface area contributed by atoms with E-state index in [1.165, 1.54) is 6.20 Å². The zero-order valence-electron chi connectivity index (χ0n) is 5.91. The zero-order chi connectivity index (χ0) is 9.14. The van der Waals surface area contributed by atoms with Crippen LogP contribution in [-0.4, -0.2) is 16.0 Å². The molecule has 64 valence electrons. The van der Waals surface area contributed by atoms with Crippen LogP contribution >= 0.6 is 11.6 Å². The van der Waals surface area contributed by atoms with E-state index in [4.69, 9.17) is 23.1 Å². The van der Waals surface area contributed by atoms with E-state index < -0.39 is 6.03 Å². The van der Waals surface area contributed by atoms with Crippen LogP contribution in [0, 0.1) is 0 Å².